The standard InChI is InChI=1S/C14H18N2O/c1-14(2,3)16-13-12-7-5-4-6-10(12)8-11(9-17)15-13/h4-8,17H,9H2,1-3H3,(H,15,16). The molecule has 1 heterocycles. The van der Waals surface area contributed by atoms with Crippen LogP contribution in [0.3, 0.4) is 0 Å². The van der Waals surface area contributed by atoms with Gasteiger partial charge in [0.05, 0.1) is 12.3 Å². The molecule has 0 aliphatic heterocycles. The minimum atomic E-state index is -0.0517. The molecule has 0 fully saturated rings. The highest BCUT2D eigenvalue weighted by Gasteiger charge is 2.13. The highest BCUT2D eigenvalue weighted by Crippen LogP contribution is 2.24. The van der Waals surface area contributed by atoms with E-state index in [0.29, 0.717) is 5.69 Å². The quantitative estimate of drug-likeness (QED) is 0.833. The van der Waals surface area contributed by atoms with Crippen molar-refractivity contribution < 1.29 is 5.11 Å². The molecule has 0 amide bonds. The molecule has 3 heteroatoms. The van der Waals surface area contributed by atoms with Crippen LogP contribution in [0.25, 0.3) is 10.8 Å². The van der Waals surface area contributed by atoms with Crippen LogP contribution in [0.2, 0.25) is 0 Å². The average Bonchev–Trinajstić information content (AvgIpc) is 2.26. The Morgan fingerprint density at radius 3 is 2.59 bits per heavy atom. The fourth-order valence-corrected chi connectivity index (χ4v) is 1.79. The monoisotopic (exact) mass is 230 g/mol. The van der Waals surface area contributed by atoms with Crippen LogP contribution in [0.15, 0.2) is 30.3 Å². The number of rotatable bonds is 2. The zero-order valence-corrected chi connectivity index (χ0v) is 10.5. The molecule has 2 N–H and O–H groups in total. The van der Waals surface area contributed by atoms with Gasteiger partial charge in [-0.1, -0.05) is 24.3 Å². The Morgan fingerprint density at radius 1 is 1.24 bits per heavy atom. The molecule has 0 radical (unpaired) electrons. The van der Waals surface area contributed by atoms with Gasteiger partial charge in [-0.25, -0.2) is 4.98 Å². The van der Waals surface area contributed by atoms with E-state index >= 15 is 0 Å². The molecule has 1 aromatic heterocycles. The Morgan fingerprint density at radius 2 is 1.94 bits per heavy atom. The fourth-order valence-electron chi connectivity index (χ4n) is 1.79. The number of benzene rings is 1. The van der Waals surface area contributed by atoms with Gasteiger partial charge in [0, 0.05) is 10.9 Å². The van der Waals surface area contributed by atoms with Crippen LogP contribution < -0.4 is 5.32 Å². The number of hydrogen-bond acceptors (Lipinski definition) is 3. The predicted molar refractivity (Wildman–Crippen MR) is 71.0 cm³/mol. The Hall–Kier alpha value is -1.61. The maximum Gasteiger partial charge on any atom is 0.134 e. The molecule has 0 unspecified atom stereocenters. The van der Waals surface area contributed by atoms with Gasteiger partial charge in [-0.3, -0.25) is 0 Å². The summed E-state index contributed by atoms with van der Waals surface area (Å²) in [5, 5.41) is 14.8. The van der Waals surface area contributed by atoms with E-state index in [-0.39, 0.29) is 12.1 Å². The number of nitrogens with one attached hydrogen (secondary N) is 1. The van der Waals surface area contributed by atoms with E-state index in [1.165, 1.54) is 0 Å². The van der Waals surface area contributed by atoms with Crippen LogP contribution in [0.5, 0.6) is 0 Å². The summed E-state index contributed by atoms with van der Waals surface area (Å²) in [6.07, 6.45) is 0. The Bertz CT molecular complexity index is 529. The molecular weight excluding hydrogens is 212 g/mol. The molecule has 0 bridgehead atoms. The van der Waals surface area contributed by atoms with Gasteiger partial charge in [-0.2, -0.15) is 0 Å². The maximum atomic E-state index is 9.23. The van der Waals surface area contributed by atoms with Crippen molar-refractivity contribution in [3.8, 4) is 0 Å². The largest absolute Gasteiger partial charge is 0.390 e. The van der Waals surface area contributed by atoms with Gasteiger partial charge >= 0.3 is 0 Å². The normalized spacial score (nSPS) is 11.8. The number of hydrogen-bond donors (Lipinski definition) is 2. The summed E-state index contributed by atoms with van der Waals surface area (Å²) in [6.45, 7) is 6.24. The number of aliphatic hydroxyl groups excluding tert-OH is 1. The molecule has 2 rings (SSSR count). The average molecular weight is 230 g/mol. The maximum absolute atomic E-state index is 9.23. The van der Waals surface area contributed by atoms with Crippen LogP contribution in [0.1, 0.15) is 26.5 Å². The highest BCUT2D eigenvalue weighted by molar-refractivity contribution is 5.92. The molecule has 0 atom stereocenters. The lowest BCUT2D eigenvalue weighted by molar-refractivity contribution is 0.277. The van der Waals surface area contributed by atoms with Crippen molar-refractivity contribution in [1.29, 1.82) is 0 Å². The van der Waals surface area contributed by atoms with Gasteiger partial charge < -0.3 is 10.4 Å². The van der Waals surface area contributed by atoms with Crippen molar-refractivity contribution in [3.63, 3.8) is 0 Å². The van der Waals surface area contributed by atoms with E-state index in [4.69, 9.17) is 0 Å². The number of anilines is 1. The number of aliphatic hydroxyl groups is 1. The van der Waals surface area contributed by atoms with Crippen molar-refractivity contribution in [1.82, 2.24) is 4.98 Å². The molecule has 90 valence electrons. The molecule has 1 aromatic carbocycles. The van der Waals surface area contributed by atoms with Gasteiger partial charge in [0.15, 0.2) is 0 Å². The summed E-state index contributed by atoms with van der Waals surface area (Å²) in [4.78, 5) is 4.44. The van der Waals surface area contributed by atoms with Crippen molar-refractivity contribution >= 4 is 16.6 Å². The third-order valence-corrected chi connectivity index (χ3v) is 2.45. The van der Waals surface area contributed by atoms with Crippen LogP contribution in [0, 0.1) is 0 Å². The van der Waals surface area contributed by atoms with E-state index in [9.17, 15) is 5.11 Å². The highest BCUT2D eigenvalue weighted by atomic mass is 16.3. The first kappa shape index (κ1) is 11.9. The summed E-state index contributed by atoms with van der Waals surface area (Å²) >= 11 is 0. The first-order chi connectivity index (χ1) is 7.99. The van der Waals surface area contributed by atoms with Crippen LogP contribution in [-0.4, -0.2) is 15.6 Å². The number of aromatic nitrogens is 1. The lowest BCUT2D eigenvalue weighted by Crippen LogP contribution is -2.27. The fraction of sp³-hybridized carbons (Fsp3) is 0.357. The first-order valence-corrected chi connectivity index (χ1v) is 5.77. The van der Waals surface area contributed by atoms with Gasteiger partial charge in [-0.05, 0) is 32.2 Å². The lowest BCUT2D eigenvalue weighted by Gasteiger charge is -2.22. The Balaban J connectivity index is 2.58. The van der Waals surface area contributed by atoms with Crippen LogP contribution >= 0.6 is 0 Å². The first-order valence-electron chi connectivity index (χ1n) is 5.77. The van der Waals surface area contributed by atoms with Gasteiger partial charge in [0.2, 0.25) is 0 Å². The number of pyridine rings is 1. The summed E-state index contributed by atoms with van der Waals surface area (Å²) in [5.41, 5.74) is 0.638. The van der Waals surface area contributed by atoms with Crippen molar-refractivity contribution in [2.24, 2.45) is 0 Å². The molecular formula is C14H18N2O. The van der Waals surface area contributed by atoms with E-state index in [0.717, 1.165) is 16.6 Å². The van der Waals surface area contributed by atoms with Crippen molar-refractivity contribution in [2.45, 2.75) is 32.9 Å². The van der Waals surface area contributed by atoms with Gasteiger partial charge in [0.1, 0.15) is 5.82 Å². The molecule has 0 saturated carbocycles. The minimum absolute atomic E-state index is 0.0380. The Labute approximate surface area is 102 Å². The third kappa shape index (κ3) is 2.74. The minimum Gasteiger partial charge on any atom is -0.390 e. The van der Waals surface area contributed by atoms with Crippen LogP contribution in [-0.2, 0) is 6.61 Å². The predicted octanol–water partition coefficient (Wildman–Crippen LogP) is 2.94. The summed E-state index contributed by atoms with van der Waals surface area (Å²) in [7, 11) is 0. The molecule has 0 aliphatic carbocycles. The van der Waals surface area contributed by atoms with Crippen molar-refractivity contribution in [2.75, 3.05) is 5.32 Å². The Kier molecular flexibility index (Phi) is 3.03. The zero-order valence-electron chi connectivity index (χ0n) is 10.5. The molecule has 2 aromatic rings. The third-order valence-electron chi connectivity index (χ3n) is 2.45. The SMILES string of the molecule is CC(C)(C)Nc1nc(CO)cc2ccccc12. The summed E-state index contributed by atoms with van der Waals surface area (Å²) < 4.78 is 0. The molecule has 3 nitrogen and oxygen atoms in total. The lowest BCUT2D eigenvalue weighted by atomic mass is 10.1. The summed E-state index contributed by atoms with van der Waals surface area (Å²) in [6, 6.07) is 9.98. The topological polar surface area (TPSA) is 45.2 Å². The second-order valence-corrected chi connectivity index (χ2v) is 5.22. The second kappa shape index (κ2) is 4.34. The van der Waals surface area contributed by atoms with E-state index in [1.54, 1.807) is 0 Å². The van der Waals surface area contributed by atoms with Gasteiger partial charge in [0.25, 0.3) is 0 Å². The summed E-state index contributed by atoms with van der Waals surface area (Å²) in [5.74, 6) is 0.833. The molecule has 0 aliphatic rings. The zero-order chi connectivity index (χ0) is 12.5. The molecule has 17 heavy (non-hydrogen) atoms. The van der Waals surface area contributed by atoms with Crippen molar-refractivity contribution in [3.05, 3.63) is 36.0 Å². The van der Waals surface area contributed by atoms with E-state index < -0.39 is 0 Å². The van der Waals surface area contributed by atoms with Gasteiger partial charge in [-0.15, -0.1) is 0 Å². The van der Waals surface area contributed by atoms with E-state index in [2.05, 4.69) is 31.1 Å². The molecule has 0 spiro atoms. The number of nitrogens with zero attached hydrogens (tertiary/aromatic N) is 1. The van der Waals surface area contributed by atoms with Crippen LogP contribution in [0.4, 0.5) is 5.82 Å². The smallest absolute Gasteiger partial charge is 0.134 e. The molecule has 0 saturated heterocycles. The second-order valence-electron chi connectivity index (χ2n) is 5.22. The van der Waals surface area contributed by atoms with E-state index in [1.807, 2.05) is 30.3 Å². The number of fused-ring (bicyclic) bond motifs is 1.